The van der Waals surface area contributed by atoms with Crippen LogP contribution in [0.15, 0.2) is 41.4 Å². The van der Waals surface area contributed by atoms with Crippen molar-refractivity contribution < 1.29 is 28.5 Å². The van der Waals surface area contributed by atoms with E-state index < -0.39 is 11.9 Å². The van der Waals surface area contributed by atoms with Crippen LogP contribution in [-0.2, 0) is 16.0 Å². The van der Waals surface area contributed by atoms with Gasteiger partial charge in [-0.25, -0.2) is 4.79 Å². The molecule has 1 amide bonds. The van der Waals surface area contributed by atoms with E-state index in [1.165, 1.54) is 25.6 Å². The van der Waals surface area contributed by atoms with Gasteiger partial charge in [-0.15, -0.1) is 0 Å². The third-order valence-electron chi connectivity index (χ3n) is 4.70. The van der Waals surface area contributed by atoms with Gasteiger partial charge >= 0.3 is 5.97 Å². The van der Waals surface area contributed by atoms with Gasteiger partial charge in [-0.3, -0.25) is 4.79 Å². The third kappa shape index (κ3) is 5.00. The maximum atomic E-state index is 13.2. The highest BCUT2D eigenvalue weighted by atomic mass is 32.1. The van der Waals surface area contributed by atoms with Crippen molar-refractivity contribution in [2.75, 3.05) is 34.0 Å². The van der Waals surface area contributed by atoms with Gasteiger partial charge in [-0.2, -0.15) is 4.99 Å². The summed E-state index contributed by atoms with van der Waals surface area (Å²) in [6, 6.07) is 10.4. The molecule has 1 heterocycles. The molecule has 0 unspecified atom stereocenters. The minimum Gasteiger partial charge on any atom is -0.496 e. The molecule has 0 radical (unpaired) electrons. The average Bonchev–Trinajstić information content (AvgIpc) is 3.14. The number of amides is 1. The van der Waals surface area contributed by atoms with Crippen LogP contribution in [0.5, 0.6) is 11.5 Å². The number of fused-ring (bicyclic) bond motifs is 1. The van der Waals surface area contributed by atoms with E-state index in [1.54, 1.807) is 37.3 Å². The molecule has 0 saturated heterocycles. The number of thiazole rings is 1. The highest BCUT2D eigenvalue weighted by Gasteiger charge is 2.19. The molecule has 32 heavy (non-hydrogen) atoms. The number of carbonyl (C=O) groups is 2. The Hall–Kier alpha value is -3.17. The first-order valence-corrected chi connectivity index (χ1v) is 11.0. The van der Waals surface area contributed by atoms with Gasteiger partial charge in [0.15, 0.2) is 4.80 Å². The van der Waals surface area contributed by atoms with Crippen molar-refractivity contribution in [1.29, 1.82) is 0 Å². The zero-order valence-electron chi connectivity index (χ0n) is 18.5. The predicted octanol–water partition coefficient (Wildman–Crippen LogP) is 3.67. The van der Waals surface area contributed by atoms with Crippen molar-refractivity contribution in [1.82, 2.24) is 4.57 Å². The van der Waals surface area contributed by atoms with E-state index in [4.69, 9.17) is 18.9 Å². The van der Waals surface area contributed by atoms with Gasteiger partial charge in [0.2, 0.25) is 0 Å². The summed E-state index contributed by atoms with van der Waals surface area (Å²) >= 11 is 1.31. The van der Waals surface area contributed by atoms with Gasteiger partial charge in [0.05, 0.1) is 43.2 Å². The molecular weight excluding hydrogens is 432 g/mol. The number of rotatable bonds is 9. The molecule has 0 atom stereocenters. The lowest BCUT2D eigenvalue weighted by molar-refractivity contribution is 0.0526. The topological polar surface area (TPSA) is 88.4 Å². The van der Waals surface area contributed by atoms with E-state index in [-0.39, 0.29) is 5.56 Å². The number of nitrogens with zero attached hydrogens (tertiary/aromatic N) is 2. The molecule has 1 aromatic heterocycles. The molecule has 170 valence electrons. The van der Waals surface area contributed by atoms with E-state index in [1.807, 2.05) is 17.6 Å². The Bertz CT molecular complexity index is 1160. The fourth-order valence-corrected chi connectivity index (χ4v) is 4.31. The lowest BCUT2D eigenvalue weighted by Gasteiger charge is -2.10. The summed E-state index contributed by atoms with van der Waals surface area (Å²) in [5.41, 5.74) is 1.54. The molecule has 0 saturated carbocycles. The summed E-state index contributed by atoms with van der Waals surface area (Å²) < 4.78 is 24.0. The van der Waals surface area contributed by atoms with Gasteiger partial charge < -0.3 is 23.5 Å². The van der Waals surface area contributed by atoms with Crippen molar-refractivity contribution >= 4 is 33.4 Å². The Kier molecular flexibility index (Phi) is 8.02. The average molecular weight is 459 g/mol. The summed E-state index contributed by atoms with van der Waals surface area (Å²) in [5, 5.41) is 0. The monoisotopic (exact) mass is 458 g/mol. The van der Waals surface area contributed by atoms with Crippen LogP contribution in [0.1, 0.15) is 34.6 Å². The minimum atomic E-state index is -0.485. The van der Waals surface area contributed by atoms with Gasteiger partial charge in [0, 0.05) is 13.2 Å². The summed E-state index contributed by atoms with van der Waals surface area (Å²) in [6.07, 6.45) is 0. The van der Waals surface area contributed by atoms with Crippen molar-refractivity contribution in [2.45, 2.75) is 20.4 Å². The lowest BCUT2D eigenvalue weighted by Crippen LogP contribution is -2.20. The number of methoxy groups -OCH3 is 2. The van der Waals surface area contributed by atoms with E-state index >= 15 is 0 Å². The van der Waals surface area contributed by atoms with Crippen molar-refractivity contribution in [2.24, 2.45) is 4.99 Å². The number of esters is 1. The van der Waals surface area contributed by atoms with E-state index in [0.29, 0.717) is 48.2 Å². The lowest BCUT2D eigenvalue weighted by atomic mass is 10.1. The Labute approximate surface area is 190 Å². The van der Waals surface area contributed by atoms with Crippen LogP contribution < -0.4 is 14.3 Å². The number of carbonyl (C=O) groups excluding carboxylic acids is 2. The molecule has 3 rings (SSSR count). The second-order valence-electron chi connectivity index (χ2n) is 6.59. The normalized spacial score (nSPS) is 11.6. The van der Waals surface area contributed by atoms with Crippen LogP contribution >= 0.6 is 11.3 Å². The highest BCUT2D eigenvalue weighted by Crippen LogP contribution is 2.29. The molecule has 0 spiro atoms. The van der Waals surface area contributed by atoms with E-state index in [9.17, 15) is 9.59 Å². The molecule has 2 aromatic carbocycles. The molecular formula is C23H26N2O6S. The smallest absolute Gasteiger partial charge is 0.338 e. The molecule has 0 fully saturated rings. The van der Waals surface area contributed by atoms with Crippen LogP contribution in [0.4, 0.5) is 0 Å². The molecule has 8 nitrogen and oxygen atoms in total. The van der Waals surface area contributed by atoms with Crippen LogP contribution in [0.3, 0.4) is 0 Å². The minimum absolute atomic E-state index is 0.249. The summed E-state index contributed by atoms with van der Waals surface area (Å²) in [6.45, 7) is 5.52. The zero-order valence-corrected chi connectivity index (χ0v) is 19.4. The number of aromatic nitrogens is 1. The second-order valence-corrected chi connectivity index (χ2v) is 7.60. The SMILES string of the molecule is CCOCCn1c(=NC(=O)c2c(OC)cccc2OC)sc2cc(C(=O)OCC)ccc21. The molecule has 0 N–H and O–H groups in total. The fraction of sp³-hybridized carbons (Fsp3) is 0.348. The van der Waals surface area contributed by atoms with Crippen molar-refractivity contribution in [3.8, 4) is 11.5 Å². The summed E-state index contributed by atoms with van der Waals surface area (Å²) in [4.78, 5) is 30.2. The zero-order chi connectivity index (χ0) is 23.1. The maximum Gasteiger partial charge on any atom is 0.338 e. The fourth-order valence-electron chi connectivity index (χ4n) is 3.22. The quantitative estimate of drug-likeness (QED) is 0.359. The molecule has 3 aromatic rings. The third-order valence-corrected chi connectivity index (χ3v) is 5.74. The van der Waals surface area contributed by atoms with Crippen LogP contribution in [0.2, 0.25) is 0 Å². The Balaban J connectivity index is 2.13. The van der Waals surface area contributed by atoms with Gasteiger partial charge in [0.1, 0.15) is 17.1 Å². The van der Waals surface area contributed by atoms with Crippen LogP contribution in [-0.4, -0.2) is 50.5 Å². The van der Waals surface area contributed by atoms with E-state index in [2.05, 4.69) is 4.99 Å². The first-order valence-electron chi connectivity index (χ1n) is 10.2. The Morgan fingerprint density at radius 2 is 1.75 bits per heavy atom. The standard InChI is InChI=1S/C23H26N2O6S/c1-5-30-13-12-25-16-11-10-15(22(27)31-6-2)14-19(16)32-23(25)24-21(26)20-17(28-3)8-7-9-18(20)29-4/h7-11,14H,5-6,12-13H2,1-4H3. The Morgan fingerprint density at radius 3 is 2.38 bits per heavy atom. The van der Waals surface area contributed by atoms with Gasteiger partial charge in [-0.05, 0) is 44.2 Å². The second kappa shape index (κ2) is 10.9. The molecule has 0 aliphatic rings. The number of hydrogen-bond donors (Lipinski definition) is 0. The van der Waals surface area contributed by atoms with E-state index in [0.717, 1.165) is 10.2 Å². The van der Waals surface area contributed by atoms with Crippen molar-refractivity contribution in [3.63, 3.8) is 0 Å². The molecule has 0 aliphatic carbocycles. The molecule has 0 bridgehead atoms. The maximum absolute atomic E-state index is 13.2. The first kappa shape index (κ1) is 23.5. The van der Waals surface area contributed by atoms with Gasteiger partial charge in [0.25, 0.3) is 5.91 Å². The number of ether oxygens (including phenoxy) is 4. The predicted molar refractivity (Wildman–Crippen MR) is 122 cm³/mol. The number of benzene rings is 2. The summed E-state index contributed by atoms with van der Waals surface area (Å²) in [5.74, 6) is -0.118. The molecule has 0 aliphatic heterocycles. The van der Waals surface area contributed by atoms with Crippen molar-refractivity contribution in [3.05, 3.63) is 52.3 Å². The van der Waals surface area contributed by atoms with Crippen LogP contribution in [0, 0.1) is 0 Å². The number of hydrogen-bond acceptors (Lipinski definition) is 7. The van der Waals surface area contributed by atoms with Crippen LogP contribution in [0.25, 0.3) is 10.2 Å². The largest absolute Gasteiger partial charge is 0.496 e. The highest BCUT2D eigenvalue weighted by molar-refractivity contribution is 7.16. The molecule has 9 heteroatoms. The summed E-state index contributed by atoms with van der Waals surface area (Å²) in [7, 11) is 2.98. The van der Waals surface area contributed by atoms with Gasteiger partial charge in [-0.1, -0.05) is 17.4 Å². The first-order chi connectivity index (χ1) is 15.5. The Morgan fingerprint density at radius 1 is 1.03 bits per heavy atom.